The van der Waals surface area contributed by atoms with E-state index in [1.54, 1.807) is 0 Å². The maximum atomic E-state index is 6.39. The Morgan fingerprint density at radius 1 is 0.633 bits per heavy atom. The molecule has 30 heavy (non-hydrogen) atoms. The Morgan fingerprint density at radius 3 is 1.67 bits per heavy atom. The standard InChI is InChI=1S/C27H50O3/c1-5-9-10-11-12-13-20-26(21-16-19-25-17-14-15-18-25)27(28-22-6-2,29-23-7-3)30-24-8-4/h14-15,17-18,25-26H,5-13,16,19-24H2,1-4H3. The second-order valence-electron chi connectivity index (χ2n) is 8.77. The van der Waals surface area contributed by atoms with Gasteiger partial charge in [0, 0.05) is 5.92 Å². The molecule has 0 aromatic heterocycles. The van der Waals surface area contributed by atoms with Crippen molar-refractivity contribution in [2.24, 2.45) is 11.8 Å². The van der Waals surface area contributed by atoms with Crippen molar-refractivity contribution in [1.29, 1.82) is 0 Å². The third-order valence-electron chi connectivity index (χ3n) is 5.85. The summed E-state index contributed by atoms with van der Waals surface area (Å²) in [5.41, 5.74) is 0. The highest BCUT2D eigenvalue weighted by Gasteiger charge is 2.42. The highest BCUT2D eigenvalue weighted by atomic mass is 16.9. The fourth-order valence-corrected chi connectivity index (χ4v) is 4.15. The second kappa shape index (κ2) is 18.0. The molecule has 0 spiro atoms. The van der Waals surface area contributed by atoms with E-state index in [9.17, 15) is 0 Å². The van der Waals surface area contributed by atoms with Gasteiger partial charge in [0.1, 0.15) is 0 Å². The highest BCUT2D eigenvalue weighted by Crippen LogP contribution is 2.35. The van der Waals surface area contributed by atoms with Crippen molar-refractivity contribution >= 4 is 0 Å². The van der Waals surface area contributed by atoms with Gasteiger partial charge in [-0.05, 0) is 44.4 Å². The SMILES string of the molecule is CCCCCCCCC(CCCC1C=CC=C1)C(OCCC)(OCCC)OCCC. The van der Waals surface area contributed by atoms with Crippen molar-refractivity contribution in [2.45, 2.75) is 117 Å². The zero-order valence-electron chi connectivity index (χ0n) is 20.5. The van der Waals surface area contributed by atoms with Crippen molar-refractivity contribution < 1.29 is 14.2 Å². The number of hydrogen-bond donors (Lipinski definition) is 0. The zero-order chi connectivity index (χ0) is 21.9. The third-order valence-corrected chi connectivity index (χ3v) is 5.85. The Balaban J connectivity index is 2.79. The molecular weight excluding hydrogens is 372 g/mol. The van der Waals surface area contributed by atoms with Gasteiger partial charge in [-0.3, -0.25) is 0 Å². The molecule has 1 atom stereocenters. The Hall–Kier alpha value is -0.640. The van der Waals surface area contributed by atoms with Gasteiger partial charge >= 0.3 is 0 Å². The first kappa shape index (κ1) is 27.4. The van der Waals surface area contributed by atoms with Crippen molar-refractivity contribution in [3.05, 3.63) is 24.3 Å². The largest absolute Gasteiger partial charge is 0.327 e. The van der Waals surface area contributed by atoms with Gasteiger partial charge in [0.25, 0.3) is 5.97 Å². The van der Waals surface area contributed by atoms with Crippen molar-refractivity contribution in [3.8, 4) is 0 Å². The fourth-order valence-electron chi connectivity index (χ4n) is 4.15. The summed E-state index contributed by atoms with van der Waals surface area (Å²) in [6.07, 6.45) is 24.4. The summed E-state index contributed by atoms with van der Waals surface area (Å²) in [5, 5.41) is 0. The average Bonchev–Trinajstić information content (AvgIpc) is 3.28. The summed E-state index contributed by atoms with van der Waals surface area (Å²) in [6.45, 7) is 10.8. The van der Waals surface area contributed by atoms with Gasteiger partial charge in [0.05, 0.1) is 19.8 Å². The lowest BCUT2D eigenvalue weighted by Gasteiger charge is -2.40. The minimum absolute atomic E-state index is 0.294. The van der Waals surface area contributed by atoms with Crippen LogP contribution in [0.25, 0.3) is 0 Å². The zero-order valence-corrected chi connectivity index (χ0v) is 20.5. The Kier molecular flexibility index (Phi) is 16.4. The Morgan fingerprint density at radius 2 is 1.13 bits per heavy atom. The first-order valence-electron chi connectivity index (χ1n) is 13.0. The minimum Gasteiger partial charge on any atom is -0.327 e. The van der Waals surface area contributed by atoms with Crippen LogP contribution in [-0.4, -0.2) is 25.8 Å². The number of ether oxygens (including phenoxy) is 3. The van der Waals surface area contributed by atoms with Gasteiger partial charge in [-0.25, -0.2) is 0 Å². The van der Waals surface area contributed by atoms with E-state index in [1.807, 2.05) is 0 Å². The van der Waals surface area contributed by atoms with E-state index in [0.29, 0.717) is 31.7 Å². The lowest BCUT2D eigenvalue weighted by atomic mass is 9.90. The molecule has 0 aromatic carbocycles. The van der Waals surface area contributed by atoms with Crippen LogP contribution in [0.5, 0.6) is 0 Å². The van der Waals surface area contributed by atoms with E-state index in [2.05, 4.69) is 52.0 Å². The van der Waals surface area contributed by atoms with Crippen LogP contribution >= 0.6 is 0 Å². The summed E-state index contributed by atoms with van der Waals surface area (Å²) < 4.78 is 19.2. The van der Waals surface area contributed by atoms with Crippen molar-refractivity contribution in [2.75, 3.05) is 19.8 Å². The first-order valence-corrected chi connectivity index (χ1v) is 13.0. The molecule has 0 saturated carbocycles. The third kappa shape index (κ3) is 11.1. The number of unbranched alkanes of at least 4 members (excludes halogenated alkanes) is 5. The summed E-state index contributed by atoms with van der Waals surface area (Å²) in [7, 11) is 0. The molecule has 0 aliphatic heterocycles. The Labute approximate surface area is 187 Å². The summed E-state index contributed by atoms with van der Waals surface area (Å²) in [6, 6.07) is 0. The lowest BCUT2D eigenvalue weighted by Crippen LogP contribution is -2.47. The molecule has 0 fully saturated rings. The van der Waals surface area contributed by atoms with Gasteiger partial charge < -0.3 is 14.2 Å². The molecule has 0 bridgehead atoms. The van der Waals surface area contributed by atoms with Gasteiger partial charge in [0.2, 0.25) is 0 Å². The molecule has 1 unspecified atom stereocenters. The van der Waals surface area contributed by atoms with E-state index in [1.165, 1.54) is 51.4 Å². The maximum absolute atomic E-state index is 6.39. The van der Waals surface area contributed by atoms with E-state index < -0.39 is 5.97 Å². The summed E-state index contributed by atoms with van der Waals surface area (Å²) in [5.74, 6) is 0.0220. The molecule has 1 rings (SSSR count). The molecule has 0 aromatic rings. The smallest absolute Gasteiger partial charge is 0.285 e. The van der Waals surface area contributed by atoms with Crippen LogP contribution in [0.1, 0.15) is 111 Å². The Bertz CT molecular complexity index is 410. The molecule has 3 nitrogen and oxygen atoms in total. The van der Waals surface area contributed by atoms with Gasteiger partial charge in [-0.1, -0.05) is 96.9 Å². The molecule has 1 aliphatic rings. The van der Waals surface area contributed by atoms with Gasteiger partial charge in [-0.15, -0.1) is 0 Å². The van der Waals surface area contributed by atoms with E-state index in [4.69, 9.17) is 14.2 Å². The molecule has 0 N–H and O–H groups in total. The fraction of sp³-hybridized carbons (Fsp3) is 0.852. The monoisotopic (exact) mass is 422 g/mol. The predicted octanol–water partition coefficient (Wildman–Crippen LogP) is 8.20. The quantitative estimate of drug-likeness (QED) is 0.138. The molecule has 0 heterocycles. The van der Waals surface area contributed by atoms with Gasteiger partial charge in [-0.2, -0.15) is 0 Å². The van der Waals surface area contributed by atoms with E-state index in [0.717, 1.165) is 32.1 Å². The number of hydrogen-bond acceptors (Lipinski definition) is 3. The van der Waals surface area contributed by atoms with Crippen molar-refractivity contribution in [3.63, 3.8) is 0 Å². The lowest BCUT2D eigenvalue weighted by molar-refractivity contribution is -0.406. The molecular formula is C27H50O3. The van der Waals surface area contributed by atoms with Crippen LogP contribution in [0.3, 0.4) is 0 Å². The highest BCUT2D eigenvalue weighted by molar-refractivity contribution is 5.17. The molecule has 176 valence electrons. The molecule has 1 aliphatic carbocycles. The average molecular weight is 423 g/mol. The summed E-state index contributed by atoms with van der Waals surface area (Å²) >= 11 is 0. The van der Waals surface area contributed by atoms with E-state index >= 15 is 0 Å². The van der Waals surface area contributed by atoms with Crippen LogP contribution in [0.4, 0.5) is 0 Å². The maximum Gasteiger partial charge on any atom is 0.285 e. The number of allylic oxidation sites excluding steroid dienone is 4. The van der Waals surface area contributed by atoms with Crippen LogP contribution in [-0.2, 0) is 14.2 Å². The van der Waals surface area contributed by atoms with Crippen LogP contribution in [0.2, 0.25) is 0 Å². The van der Waals surface area contributed by atoms with Crippen LogP contribution < -0.4 is 0 Å². The van der Waals surface area contributed by atoms with E-state index in [-0.39, 0.29) is 0 Å². The minimum atomic E-state index is -0.868. The normalized spacial score (nSPS) is 15.3. The second-order valence-corrected chi connectivity index (χ2v) is 8.77. The first-order chi connectivity index (χ1) is 14.7. The molecule has 0 radical (unpaired) electrons. The summed E-state index contributed by atoms with van der Waals surface area (Å²) in [4.78, 5) is 0. The van der Waals surface area contributed by atoms with Crippen LogP contribution in [0, 0.1) is 11.8 Å². The van der Waals surface area contributed by atoms with Crippen LogP contribution in [0.15, 0.2) is 24.3 Å². The molecule has 0 amide bonds. The van der Waals surface area contributed by atoms with Crippen molar-refractivity contribution in [1.82, 2.24) is 0 Å². The predicted molar refractivity (Wildman–Crippen MR) is 129 cm³/mol. The molecule has 3 heteroatoms. The molecule has 0 saturated heterocycles. The topological polar surface area (TPSA) is 27.7 Å². The number of rotatable bonds is 21. The van der Waals surface area contributed by atoms with Gasteiger partial charge in [0.15, 0.2) is 0 Å².